The lowest BCUT2D eigenvalue weighted by Crippen LogP contribution is -2.62. The summed E-state index contributed by atoms with van der Waals surface area (Å²) in [6.45, 7) is 7.67. The number of aromatic nitrogens is 2. The summed E-state index contributed by atoms with van der Waals surface area (Å²) in [5, 5.41) is 15.3. The van der Waals surface area contributed by atoms with Crippen molar-refractivity contribution in [2.24, 2.45) is 5.92 Å². The molecule has 4 aromatic rings. The fourth-order valence-electron chi connectivity index (χ4n) is 10.1. The Morgan fingerprint density at radius 2 is 1.90 bits per heavy atom. The highest BCUT2D eigenvalue weighted by Gasteiger charge is 2.50. The number of nitrogens with zero attached hydrogens (tertiary/aromatic N) is 4. The average molecular weight is 680 g/mol. The Labute approximate surface area is 289 Å². The van der Waals surface area contributed by atoms with Gasteiger partial charge in [-0.3, -0.25) is 4.90 Å². The quantitative estimate of drug-likeness (QED) is 0.165. The molecule has 258 valence electrons. The van der Waals surface area contributed by atoms with Crippen molar-refractivity contribution in [3.8, 4) is 35.2 Å². The lowest BCUT2D eigenvalue weighted by atomic mass is 9.80. The number of ether oxygens (including phenoxy) is 1. The minimum absolute atomic E-state index is 0.0274. The molecule has 50 heavy (non-hydrogen) atoms. The molecule has 0 unspecified atom stereocenters. The minimum Gasteiger partial charge on any atom is -0.508 e. The smallest absolute Gasteiger partial charge is 0.319 e. The Balaban J connectivity index is 1.21. The molecule has 4 saturated heterocycles. The number of hydrogen-bond acceptors (Lipinski definition) is 7. The van der Waals surface area contributed by atoms with Crippen molar-refractivity contribution in [2.75, 3.05) is 37.7 Å². The van der Waals surface area contributed by atoms with Crippen LogP contribution in [0.1, 0.15) is 63.4 Å². The molecule has 0 amide bonds. The Kier molecular flexibility index (Phi) is 7.34. The third-order valence-electron chi connectivity index (χ3n) is 12.3. The van der Waals surface area contributed by atoms with Crippen LogP contribution in [0.25, 0.3) is 32.8 Å². The van der Waals surface area contributed by atoms with Crippen molar-refractivity contribution in [3.05, 3.63) is 65.5 Å². The van der Waals surface area contributed by atoms with Crippen LogP contribution in [0.2, 0.25) is 0 Å². The first-order valence-corrected chi connectivity index (χ1v) is 17.9. The molecule has 1 saturated carbocycles. The van der Waals surface area contributed by atoms with Crippen LogP contribution in [0.4, 0.5) is 19.0 Å². The molecule has 1 aliphatic carbocycles. The third kappa shape index (κ3) is 4.88. The fraction of sp³-hybridized carbons (Fsp3) is 0.450. The van der Waals surface area contributed by atoms with E-state index in [-0.39, 0.29) is 56.3 Å². The van der Waals surface area contributed by atoms with E-state index < -0.39 is 23.0 Å². The molecule has 5 fully saturated rings. The number of phenolic OH excluding ortho intramolecular Hbond substituents is 1. The van der Waals surface area contributed by atoms with Crippen molar-refractivity contribution in [1.29, 1.82) is 0 Å². The number of piperazine rings is 1. The zero-order valence-corrected chi connectivity index (χ0v) is 28.0. The second kappa shape index (κ2) is 11.6. The van der Waals surface area contributed by atoms with Crippen LogP contribution in [0.15, 0.2) is 42.5 Å². The molecule has 0 radical (unpaired) electrons. The zero-order valence-electron chi connectivity index (χ0n) is 28.0. The van der Waals surface area contributed by atoms with Crippen LogP contribution in [0.3, 0.4) is 0 Å². The molecule has 4 aliphatic heterocycles. The maximum atomic E-state index is 17.2. The standard InChI is InChI=1S/C40H40F3N5O2/c1-3-28-31(41)10-9-24-15-27(49)16-29(33(24)28)34-32(42)17-30-36(35(34)43)44-38(50-22-39-12-6-14-48(39)19-23(2)18-39)45-37(30)47-20-26-11-13-40(21-47,46-26)25-7-4-5-8-25/h1,9-10,15-17,25-26,46,49H,2,4-8,11-14,18-22H2/t26-,39-,40+/m0/s1. The number of benzene rings is 3. The predicted molar refractivity (Wildman–Crippen MR) is 188 cm³/mol. The first-order chi connectivity index (χ1) is 24.2. The number of aromatic hydroxyl groups is 1. The fourth-order valence-corrected chi connectivity index (χ4v) is 10.1. The molecule has 2 bridgehead atoms. The molecule has 7 nitrogen and oxygen atoms in total. The van der Waals surface area contributed by atoms with Gasteiger partial charge in [0.1, 0.15) is 35.3 Å². The number of anilines is 1. The highest BCUT2D eigenvalue weighted by Crippen LogP contribution is 2.47. The predicted octanol–water partition coefficient (Wildman–Crippen LogP) is 7.23. The monoisotopic (exact) mass is 679 g/mol. The maximum Gasteiger partial charge on any atom is 0.319 e. The first-order valence-electron chi connectivity index (χ1n) is 17.9. The van der Waals surface area contributed by atoms with Gasteiger partial charge in [-0.15, -0.1) is 6.42 Å². The molecule has 3 aromatic carbocycles. The van der Waals surface area contributed by atoms with Crippen molar-refractivity contribution < 1.29 is 23.0 Å². The number of fused-ring (bicyclic) bond motifs is 5. The van der Waals surface area contributed by atoms with Crippen LogP contribution in [-0.2, 0) is 0 Å². The minimum atomic E-state index is -0.953. The Morgan fingerprint density at radius 1 is 1.06 bits per heavy atom. The van der Waals surface area contributed by atoms with Crippen molar-refractivity contribution in [1.82, 2.24) is 20.2 Å². The summed E-state index contributed by atoms with van der Waals surface area (Å²) in [6.07, 6.45) is 15.4. The normalized spacial score (nSPS) is 26.7. The van der Waals surface area contributed by atoms with E-state index in [9.17, 15) is 9.50 Å². The van der Waals surface area contributed by atoms with Gasteiger partial charge in [0.25, 0.3) is 0 Å². The van der Waals surface area contributed by atoms with E-state index >= 15 is 8.78 Å². The second-order valence-corrected chi connectivity index (χ2v) is 15.3. The first kappa shape index (κ1) is 31.6. The zero-order chi connectivity index (χ0) is 34.4. The summed E-state index contributed by atoms with van der Waals surface area (Å²) in [5.41, 5.74) is 0.111. The maximum absolute atomic E-state index is 17.2. The van der Waals surface area contributed by atoms with Crippen molar-refractivity contribution in [3.63, 3.8) is 0 Å². The Morgan fingerprint density at radius 3 is 2.72 bits per heavy atom. The van der Waals surface area contributed by atoms with E-state index in [1.165, 1.54) is 56.0 Å². The molecule has 5 aliphatic rings. The number of rotatable bonds is 6. The Bertz CT molecular complexity index is 2130. The summed E-state index contributed by atoms with van der Waals surface area (Å²) < 4.78 is 55.1. The van der Waals surface area contributed by atoms with Crippen LogP contribution >= 0.6 is 0 Å². The van der Waals surface area contributed by atoms with E-state index in [0.29, 0.717) is 36.8 Å². The van der Waals surface area contributed by atoms with Crippen LogP contribution in [-0.4, -0.2) is 69.9 Å². The van der Waals surface area contributed by atoms with E-state index in [1.807, 2.05) is 0 Å². The molecule has 1 aromatic heterocycles. The highest BCUT2D eigenvalue weighted by atomic mass is 19.1. The van der Waals surface area contributed by atoms with Gasteiger partial charge in [-0.05, 0) is 87.1 Å². The second-order valence-electron chi connectivity index (χ2n) is 15.3. The van der Waals surface area contributed by atoms with E-state index in [2.05, 4.69) is 32.6 Å². The van der Waals surface area contributed by atoms with Crippen LogP contribution < -0.4 is 15.0 Å². The summed E-state index contributed by atoms with van der Waals surface area (Å²) >= 11 is 0. The summed E-state index contributed by atoms with van der Waals surface area (Å²) in [7, 11) is 0. The van der Waals surface area contributed by atoms with Gasteiger partial charge in [-0.25, -0.2) is 13.2 Å². The third-order valence-corrected chi connectivity index (χ3v) is 12.3. The number of terminal acetylenes is 1. The highest BCUT2D eigenvalue weighted by molar-refractivity contribution is 6.04. The van der Waals surface area contributed by atoms with E-state index in [4.69, 9.17) is 16.1 Å². The van der Waals surface area contributed by atoms with Gasteiger partial charge in [0.05, 0.1) is 16.7 Å². The van der Waals surface area contributed by atoms with E-state index in [0.717, 1.165) is 50.8 Å². The molecule has 9 rings (SSSR count). The van der Waals surface area contributed by atoms with Gasteiger partial charge in [0, 0.05) is 47.6 Å². The molecule has 10 heteroatoms. The molecule has 3 atom stereocenters. The summed E-state index contributed by atoms with van der Waals surface area (Å²) in [4.78, 5) is 14.1. The van der Waals surface area contributed by atoms with Gasteiger partial charge >= 0.3 is 6.01 Å². The van der Waals surface area contributed by atoms with Gasteiger partial charge < -0.3 is 20.1 Å². The SMILES string of the molecule is C#Cc1c(F)ccc2cc(O)cc(-c3c(F)cc4c(N5C[C@@H]6CC[C@](C7CCCC7)(C5)N6)nc(OC[C@@]56CCCN5CC(=C)C6)nc4c3F)c12. The van der Waals surface area contributed by atoms with Crippen molar-refractivity contribution in [2.45, 2.75) is 74.9 Å². The summed E-state index contributed by atoms with van der Waals surface area (Å²) in [5.74, 6) is 0.540. The van der Waals surface area contributed by atoms with Crippen molar-refractivity contribution >= 4 is 27.5 Å². The molecular formula is C40H40F3N5O2. The Hall–Kier alpha value is -4.33. The molecule has 5 heterocycles. The van der Waals surface area contributed by atoms with Gasteiger partial charge in [-0.1, -0.05) is 37.0 Å². The van der Waals surface area contributed by atoms with Gasteiger partial charge in [0.15, 0.2) is 5.82 Å². The average Bonchev–Trinajstić information content (AvgIpc) is 3.88. The lowest BCUT2D eigenvalue weighted by Gasteiger charge is -2.45. The van der Waals surface area contributed by atoms with E-state index in [1.54, 1.807) is 0 Å². The molecular weight excluding hydrogens is 639 g/mol. The topological polar surface area (TPSA) is 73.8 Å². The molecule has 2 N–H and O–H groups in total. The summed E-state index contributed by atoms with van der Waals surface area (Å²) in [6, 6.07) is 6.75. The number of halogens is 3. The number of nitrogens with one attached hydrogen (secondary N) is 1. The largest absolute Gasteiger partial charge is 0.508 e. The number of hydrogen-bond donors (Lipinski definition) is 2. The van der Waals surface area contributed by atoms with Gasteiger partial charge in [0.2, 0.25) is 0 Å². The lowest BCUT2D eigenvalue weighted by molar-refractivity contribution is 0.108. The van der Waals surface area contributed by atoms with Crippen LogP contribution in [0.5, 0.6) is 11.8 Å². The number of phenols is 1. The molecule has 0 spiro atoms. The van der Waals surface area contributed by atoms with Gasteiger partial charge in [-0.2, -0.15) is 9.97 Å². The van der Waals surface area contributed by atoms with Crippen LogP contribution in [0, 0.1) is 35.7 Å².